The summed E-state index contributed by atoms with van der Waals surface area (Å²) in [5.41, 5.74) is 6.67. The number of nitrogens with one attached hydrogen (secondary N) is 2. The molecule has 4 heterocycles. The summed E-state index contributed by atoms with van der Waals surface area (Å²) in [6.07, 6.45) is 5.81. The van der Waals surface area contributed by atoms with E-state index in [9.17, 15) is 8.78 Å². The van der Waals surface area contributed by atoms with Crippen LogP contribution in [0.1, 0.15) is 43.7 Å². The first-order chi connectivity index (χ1) is 22.7. The maximum absolute atomic E-state index is 13.4. The SMILES string of the molecule is CCc1cc(N2CCC(N3CCN(C)CC3)CC2)ccc1Nc1ncc(Cl)c(Nc2cccc3c2N(SCC2CC(F)(F)C2)CC3)n1. The van der Waals surface area contributed by atoms with Crippen LogP contribution in [0.2, 0.25) is 5.02 Å². The van der Waals surface area contributed by atoms with Crippen LogP contribution >= 0.6 is 23.5 Å². The van der Waals surface area contributed by atoms with E-state index < -0.39 is 5.92 Å². The number of piperazine rings is 1. The number of halogens is 3. The van der Waals surface area contributed by atoms with Crippen molar-refractivity contribution in [1.82, 2.24) is 19.8 Å². The maximum atomic E-state index is 13.4. The molecule has 0 spiro atoms. The summed E-state index contributed by atoms with van der Waals surface area (Å²) < 4.78 is 29.0. The quantitative estimate of drug-likeness (QED) is 0.212. The van der Waals surface area contributed by atoms with Gasteiger partial charge in [-0.15, -0.1) is 0 Å². The van der Waals surface area contributed by atoms with Crippen LogP contribution in [-0.4, -0.2) is 90.3 Å². The van der Waals surface area contributed by atoms with Crippen LogP contribution in [0, 0.1) is 5.92 Å². The van der Waals surface area contributed by atoms with Gasteiger partial charge in [0.2, 0.25) is 11.9 Å². The zero-order valence-corrected chi connectivity index (χ0v) is 28.9. The van der Waals surface area contributed by atoms with E-state index in [4.69, 9.17) is 16.6 Å². The molecular formula is C35H45ClF2N8S. The Morgan fingerprint density at radius 2 is 1.77 bits per heavy atom. The van der Waals surface area contributed by atoms with Crippen molar-refractivity contribution in [1.29, 1.82) is 0 Å². The van der Waals surface area contributed by atoms with Crippen molar-refractivity contribution < 1.29 is 8.78 Å². The Kier molecular flexibility index (Phi) is 9.69. The van der Waals surface area contributed by atoms with Crippen molar-refractivity contribution in [3.63, 3.8) is 0 Å². The largest absolute Gasteiger partial charge is 0.371 e. The Morgan fingerprint density at radius 1 is 0.979 bits per heavy atom. The standard InChI is InChI=1S/C35H45ClF2N8S/c1-3-25-19-28(44-12-10-27(11-13-44)45-17-15-43(2)16-18-45)7-8-30(25)41-34-39-22-29(36)33(42-34)40-31-6-4-5-26-9-14-46(32(26)31)47-23-24-20-35(37,38)21-24/h4-8,19,22,24,27H,3,9-18,20-21,23H2,1-2H3,(H2,39,40,41,42). The summed E-state index contributed by atoms with van der Waals surface area (Å²) >= 11 is 8.25. The molecule has 47 heavy (non-hydrogen) atoms. The Morgan fingerprint density at radius 3 is 2.51 bits per heavy atom. The highest BCUT2D eigenvalue weighted by Crippen LogP contribution is 2.47. The predicted molar refractivity (Wildman–Crippen MR) is 191 cm³/mol. The van der Waals surface area contributed by atoms with Gasteiger partial charge < -0.3 is 24.7 Å². The van der Waals surface area contributed by atoms with Crippen molar-refractivity contribution in [2.45, 2.75) is 57.4 Å². The van der Waals surface area contributed by atoms with E-state index in [-0.39, 0.29) is 18.8 Å². The van der Waals surface area contributed by atoms with Gasteiger partial charge in [0.15, 0.2) is 5.82 Å². The summed E-state index contributed by atoms with van der Waals surface area (Å²) in [6, 6.07) is 13.5. The molecule has 0 bridgehead atoms. The van der Waals surface area contributed by atoms with Gasteiger partial charge in [0, 0.05) is 81.8 Å². The summed E-state index contributed by atoms with van der Waals surface area (Å²) in [5, 5.41) is 7.33. The maximum Gasteiger partial charge on any atom is 0.248 e. The van der Waals surface area contributed by atoms with Crippen molar-refractivity contribution in [2.24, 2.45) is 5.92 Å². The molecule has 2 N–H and O–H groups in total. The molecule has 12 heteroatoms. The molecule has 0 unspecified atom stereocenters. The Hall–Kier alpha value is -2.86. The van der Waals surface area contributed by atoms with Gasteiger partial charge in [-0.25, -0.2) is 13.8 Å². The highest BCUT2D eigenvalue weighted by Gasteiger charge is 2.45. The number of piperidine rings is 1. The molecule has 3 aromatic rings. The second-order valence-corrected chi connectivity index (χ2v) is 14.9. The molecule has 2 saturated heterocycles. The number of nitrogens with zero attached hydrogens (tertiary/aromatic N) is 6. The number of likely N-dealkylation sites (N-methyl/N-ethyl adjacent to an activating group) is 1. The molecule has 3 aliphatic heterocycles. The second kappa shape index (κ2) is 13.9. The van der Waals surface area contributed by atoms with E-state index >= 15 is 0 Å². The molecule has 8 nitrogen and oxygen atoms in total. The van der Waals surface area contributed by atoms with Gasteiger partial charge in [-0.2, -0.15) is 4.98 Å². The van der Waals surface area contributed by atoms with E-state index in [0.29, 0.717) is 28.6 Å². The van der Waals surface area contributed by atoms with E-state index in [0.717, 1.165) is 49.5 Å². The first-order valence-electron chi connectivity index (χ1n) is 17.0. The van der Waals surface area contributed by atoms with Crippen molar-refractivity contribution >= 4 is 58.1 Å². The lowest BCUT2D eigenvalue weighted by Gasteiger charge is -2.42. The van der Waals surface area contributed by atoms with Crippen LogP contribution in [0.25, 0.3) is 0 Å². The van der Waals surface area contributed by atoms with Gasteiger partial charge in [-0.3, -0.25) is 4.90 Å². The highest BCUT2D eigenvalue weighted by atomic mass is 35.5. The summed E-state index contributed by atoms with van der Waals surface area (Å²) in [5.74, 6) is -0.745. The zero-order valence-electron chi connectivity index (χ0n) is 27.3. The van der Waals surface area contributed by atoms with Crippen LogP contribution in [0.5, 0.6) is 0 Å². The van der Waals surface area contributed by atoms with Crippen molar-refractivity contribution in [2.75, 3.05) is 78.5 Å². The van der Waals surface area contributed by atoms with Gasteiger partial charge in [0.25, 0.3) is 0 Å². The van der Waals surface area contributed by atoms with Gasteiger partial charge in [0.1, 0.15) is 5.02 Å². The average molecular weight is 683 g/mol. The number of alkyl halides is 2. The molecule has 0 amide bonds. The lowest BCUT2D eigenvalue weighted by molar-refractivity contribution is -0.103. The fraction of sp³-hybridized carbons (Fsp3) is 0.543. The first-order valence-corrected chi connectivity index (χ1v) is 18.3. The van der Waals surface area contributed by atoms with E-state index in [1.165, 1.54) is 55.8 Å². The van der Waals surface area contributed by atoms with Crippen molar-refractivity contribution in [3.8, 4) is 0 Å². The predicted octanol–water partition coefficient (Wildman–Crippen LogP) is 7.45. The van der Waals surface area contributed by atoms with Crippen LogP contribution in [0.4, 0.5) is 43.3 Å². The number of benzene rings is 2. The third-order valence-electron chi connectivity index (χ3n) is 10.2. The average Bonchev–Trinajstić information content (AvgIpc) is 3.49. The minimum Gasteiger partial charge on any atom is -0.371 e. The monoisotopic (exact) mass is 682 g/mol. The number of fused-ring (bicyclic) bond motifs is 1. The van der Waals surface area contributed by atoms with Gasteiger partial charge in [0.05, 0.1) is 17.6 Å². The molecule has 1 aromatic heterocycles. The molecule has 4 aliphatic rings. The van der Waals surface area contributed by atoms with Gasteiger partial charge in [-0.1, -0.05) is 30.7 Å². The van der Waals surface area contributed by atoms with Crippen LogP contribution < -0.4 is 19.8 Å². The molecule has 3 fully saturated rings. The summed E-state index contributed by atoms with van der Waals surface area (Å²) in [4.78, 5) is 16.9. The topological polar surface area (TPSA) is 62.8 Å². The van der Waals surface area contributed by atoms with Crippen LogP contribution in [0.3, 0.4) is 0 Å². The van der Waals surface area contributed by atoms with Gasteiger partial charge in [-0.05, 0) is 86.0 Å². The molecule has 0 radical (unpaired) electrons. The number of rotatable bonds is 10. The first kappa shape index (κ1) is 32.7. The molecule has 1 saturated carbocycles. The normalized spacial score (nSPS) is 20.7. The summed E-state index contributed by atoms with van der Waals surface area (Å²) in [6.45, 7) is 9.89. The van der Waals surface area contributed by atoms with Crippen LogP contribution in [0.15, 0.2) is 42.6 Å². The molecule has 7 rings (SSSR count). The zero-order chi connectivity index (χ0) is 32.5. The fourth-order valence-electron chi connectivity index (χ4n) is 7.38. The lowest BCUT2D eigenvalue weighted by atomic mass is 9.83. The summed E-state index contributed by atoms with van der Waals surface area (Å²) in [7, 11) is 2.22. The lowest BCUT2D eigenvalue weighted by Crippen LogP contribution is -2.52. The molecular weight excluding hydrogens is 638 g/mol. The van der Waals surface area contributed by atoms with E-state index in [2.05, 4.69) is 72.9 Å². The molecule has 0 atom stereocenters. The number of hydrogen-bond acceptors (Lipinski definition) is 9. The molecule has 1 aliphatic carbocycles. The number of para-hydroxylation sites is 1. The van der Waals surface area contributed by atoms with E-state index in [1.807, 2.05) is 12.1 Å². The number of aromatic nitrogens is 2. The second-order valence-electron chi connectivity index (χ2n) is 13.5. The third-order valence-corrected chi connectivity index (χ3v) is 11.8. The Balaban J connectivity index is 1.01. The highest BCUT2D eigenvalue weighted by molar-refractivity contribution is 8.00. The van der Waals surface area contributed by atoms with Crippen LogP contribution in [-0.2, 0) is 12.8 Å². The smallest absolute Gasteiger partial charge is 0.248 e. The van der Waals surface area contributed by atoms with Gasteiger partial charge >= 0.3 is 0 Å². The Labute approximate surface area is 286 Å². The molecule has 252 valence electrons. The number of hydrogen-bond donors (Lipinski definition) is 2. The third kappa shape index (κ3) is 7.43. The van der Waals surface area contributed by atoms with Crippen molar-refractivity contribution in [3.05, 3.63) is 58.7 Å². The minimum absolute atomic E-state index is 0.00869. The molecule has 2 aromatic carbocycles. The van der Waals surface area contributed by atoms with E-state index in [1.54, 1.807) is 18.1 Å². The Bertz CT molecular complexity index is 1550. The fourth-order valence-corrected chi connectivity index (χ4v) is 8.71. The number of anilines is 6. The minimum atomic E-state index is -2.49. The number of aryl methyl sites for hydroxylation is 1.